The van der Waals surface area contributed by atoms with Crippen molar-refractivity contribution in [2.75, 3.05) is 28.4 Å². The molecule has 2 aliphatic carbocycles. The molecule has 0 amide bonds. The Morgan fingerprint density at radius 1 is 0.708 bits per heavy atom. The average Bonchev–Trinajstić information content (AvgIpc) is 3.10. The fourth-order valence-corrected chi connectivity index (χ4v) is 3.49. The molecule has 24 heavy (non-hydrogen) atoms. The third-order valence-electron chi connectivity index (χ3n) is 4.57. The van der Waals surface area contributed by atoms with E-state index in [1.54, 1.807) is 0 Å². The fourth-order valence-electron chi connectivity index (χ4n) is 3.49. The highest BCUT2D eigenvalue weighted by atomic mass is 16.5. The van der Waals surface area contributed by atoms with Crippen LogP contribution in [0.15, 0.2) is 23.3 Å². The summed E-state index contributed by atoms with van der Waals surface area (Å²) >= 11 is 0. The molecule has 0 radical (unpaired) electrons. The second-order valence-corrected chi connectivity index (χ2v) is 5.60. The van der Waals surface area contributed by atoms with Crippen molar-refractivity contribution in [3.05, 3.63) is 23.3 Å². The monoisotopic (exact) mass is 338 g/mol. The van der Waals surface area contributed by atoms with Crippen molar-refractivity contribution in [2.24, 2.45) is 10.8 Å². The van der Waals surface area contributed by atoms with Crippen LogP contribution in [0.1, 0.15) is 12.8 Å². The van der Waals surface area contributed by atoms with E-state index in [-0.39, 0.29) is 24.0 Å². The first-order chi connectivity index (χ1) is 11.3. The number of methoxy groups -OCH3 is 4. The molecule has 0 fully saturated rings. The Hall–Kier alpha value is -2.64. The predicted molar refractivity (Wildman–Crippen MR) is 78.3 cm³/mol. The zero-order valence-electron chi connectivity index (χ0n) is 13.8. The van der Waals surface area contributed by atoms with Crippen LogP contribution in [-0.2, 0) is 38.1 Å². The highest BCUT2D eigenvalue weighted by Gasteiger charge is 2.68. The van der Waals surface area contributed by atoms with Crippen LogP contribution in [0.4, 0.5) is 0 Å². The molecule has 2 atom stereocenters. The summed E-state index contributed by atoms with van der Waals surface area (Å²) in [6, 6.07) is 0. The second kappa shape index (κ2) is 6.10. The van der Waals surface area contributed by atoms with E-state index in [0.29, 0.717) is 0 Å². The van der Waals surface area contributed by atoms with Crippen LogP contribution in [-0.4, -0.2) is 52.3 Å². The summed E-state index contributed by atoms with van der Waals surface area (Å²) < 4.78 is 19.1. The van der Waals surface area contributed by atoms with Crippen molar-refractivity contribution < 1.29 is 38.1 Å². The summed E-state index contributed by atoms with van der Waals surface area (Å²) in [4.78, 5) is 48.9. The highest BCUT2D eigenvalue weighted by molar-refractivity contribution is 6.03. The number of rotatable bonds is 4. The van der Waals surface area contributed by atoms with Gasteiger partial charge >= 0.3 is 23.9 Å². The zero-order chi connectivity index (χ0) is 18.1. The molecule has 0 aromatic rings. The third-order valence-corrected chi connectivity index (χ3v) is 4.57. The van der Waals surface area contributed by atoms with E-state index < -0.39 is 34.7 Å². The molecule has 0 saturated heterocycles. The lowest BCUT2D eigenvalue weighted by Crippen LogP contribution is -2.46. The van der Waals surface area contributed by atoms with Crippen molar-refractivity contribution in [1.29, 1.82) is 0 Å². The van der Waals surface area contributed by atoms with E-state index in [2.05, 4.69) is 9.47 Å². The molecule has 2 aliphatic rings. The smallest absolute Gasteiger partial charge is 0.333 e. The van der Waals surface area contributed by atoms with Gasteiger partial charge in [-0.3, -0.25) is 9.59 Å². The van der Waals surface area contributed by atoms with Crippen LogP contribution in [0, 0.1) is 10.8 Å². The van der Waals surface area contributed by atoms with Crippen molar-refractivity contribution >= 4 is 23.9 Å². The summed E-state index contributed by atoms with van der Waals surface area (Å²) in [5.74, 6) is -2.82. The summed E-state index contributed by atoms with van der Waals surface area (Å²) in [7, 11) is 4.73. The van der Waals surface area contributed by atoms with Crippen molar-refractivity contribution in [3.63, 3.8) is 0 Å². The third kappa shape index (κ3) is 2.21. The SMILES string of the molecule is COC(=O)C1=C[C@]2(C(=O)OC)CC(C(=O)OC)=C[C@]2(C(=O)OC)C1. The summed E-state index contributed by atoms with van der Waals surface area (Å²) in [5.41, 5.74) is -2.81. The van der Waals surface area contributed by atoms with Gasteiger partial charge in [-0.1, -0.05) is 12.2 Å². The van der Waals surface area contributed by atoms with Crippen molar-refractivity contribution in [1.82, 2.24) is 0 Å². The Bertz CT molecular complexity index is 616. The Balaban J connectivity index is 2.66. The van der Waals surface area contributed by atoms with E-state index >= 15 is 0 Å². The maximum atomic E-state index is 12.5. The predicted octanol–water partition coefficient (Wildman–Crippen LogP) is 0.311. The van der Waals surface area contributed by atoms with Crippen LogP contribution in [0.5, 0.6) is 0 Å². The minimum atomic E-state index is -1.55. The quantitative estimate of drug-likeness (QED) is 0.533. The number of hydrogen-bond acceptors (Lipinski definition) is 8. The molecule has 0 unspecified atom stereocenters. The molecule has 0 aliphatic heterocycles. The summed E-state index contributed by atoms with van der Waals surface area (Å²) in [6.45, 7) is 0. The molecular weight excluding hydrogens is 320 g/mol. The molecule has 0 saturated carbocycles. The average molecular weight is 338 g/mol. The number of esters is 4. The van der Waals surface area contributed by atoms with Gasteiger partial charge in [-0.15, -0.1) is 0 Å². The lowest BCUT2D eigenvalue weighted by atomic mass is 9.67. The Morgan fingerprint density at radius 3 is 1.29 bits per heavy atom. The number of hydrogen-bond donors (Lipinski definition) is 0. The van der Waals surface area contributed by atoms with Crippen molar-refractivity contribution in [3.8, 4) is 0 Å². The van der Waals surface area contributed by atoms with Crippen LogP contribution in [0.25, 0.3) is 0 Å². The standard InChI is InChI=1S/C16H18O8/c1-21-11(17)9-5-15(13(19)23-3)7-10(12(18)22-2)8-16(15,6-9)14(20)24-4/h5,8H,6-7H2,1-4H3/t15-,16+/m1/s1. The van der Waals surface area contributed by atoms with Gasteiger partial charge in [0.15, 0.2) is 0 Å². The first kappa shape index (κ1) is 17.7. The van der Waals surface area contributed by atoms with Gasteiger partial charge in [0, 0.05) is 24.0 Å². The maximum Gasteiger partial charge on any atom is 0.333 e. The summed E-state index contributed by atoms with van der Waals surface area (Å²) in [6.07, 6.45) is 2.41. The molecule has 130 valence electrons. The fraction of sp³-hybridized carbons (Fsp3) is 0.500. The first-order valence-electron chi connectivity index (χ1n) is 7.08. The molecule has 8 nitrogen and oxygen atoms in total. The van der Waals surface area contributed by atoms with Gasteiger partial charge in [0.1, 0.15) is 10.8 Å². The Kier molecular flexibility index (Phi) is 4.50. The molecule has 0 spiro atoms. The lowest BCUT2D eigenvalue weighted by molar-refractivity contribution is -0.167. The van der Waals surface area contributed by atoms with E-state index in [4.69, 9.17) is 9.47 Å². The molecule has 2 rings (SSSR count). The van der Waals surface area contributed by atoms with Crippen LogP contribution >= 0.6 is 0 Å². The Labute approximate surface area is 138 Å². The van der Waals surface area contributed by atoms with E-state index in [0.717, 1.165) is 0 Å². The second-order valence-electron chi connectivity index (χ2n) is 5.60. The van der Waals surface area contributed by atoms with Gasteiger partial charge in [-0.2, -0.15) is 0 Å². The first-order valence-corrected chi connectivity index (χ1v) is 7.08. The number of carbonyl (C=O) groups excluding carboxylic acids is 4. The zero-order valence-corrected chi connectivity index (χ0v) is 13.8. The number of fused-ring (bicyclic) bond motifs is 1. The molecular formula is C16H18O8. The van der Waals surface area contributed by atoms with Crippen molar-refractivity contribution in [2.45, 2.75) is 12.8 Å². The van der Waals surface area contributed by atoms with Gasteiger partial charge in [0.25, 0.3) is 0 Å². The van der Waals surface area contributed by atoms with Crippen LogP contribution < -0.4 is 0 Å². The van der Waals surface area contributed by atoms with E-state index in [1.165, 1.54) is 40.6 Å². The molecule has 0 aromatic heterocycles. The van der Waals surface area contributed by atoms with E-state index in [1.807, 2.05) is 0 Å². The summed E-state index contributed by atoms with van der Waals surface area (Å²) in [5, 5.41) is 0. The van der Waals surface area contributed by atoms with Gasteiger partial charge in [0.05, 0.1) is 28.4 Å². The largest absolute Gasteiger partial charge is 0.468 e. The van der Waals surface area contributed by atoms with Crippen LogP contribution in [0.3, 0.4) is 0 Å². The van der Waals surface area contributed by atoms with Gasteiger partial charge in [-0.05, 0) is 0 Å². The minimum absolute atomic E-state index is 0.137. The van der Waals surface area contributed by atoms with E-state index in [9.17, 15) is 19.2 Å². The molecule has 0 N–H and O–H groups in total. The topological polar surface area (TPSA) is 105 Å². The molecule has 8 heteroatoms. The van der Waals surface area contributed by atoms with Gasteiger partial charge < -0.3 is 18.9 Å². The minimum Gasteiger partial charge on any atom is -0.468 e. The number of carbonyl (C=O) groups is 4. The number of ether oxygens (including phenoxy) is 4. The lowest BCUT2D eigenvalue weighted by Gasteiger charge is -2.34. The highest BCUT2D eigenvalue weighted by Crippen LogP contribution is 2.61. The molecule has 0 bridgehead atoms. The maximum absolute atomic E-state index is 12.5. The Morgan fingerprint density at radius 2 is 1.04 bits per heavy atom. The van der Waals surface area contributed by atoms with Gasteiger partial charge in [-0.25, -0.2) is 9.59 Å². The van der Waals surface area contributed by atoms with Gasteiger partial charge in [0.2, 0.25) is 0 Å². The normalized spacial score (nSPS) is 27.5. The molecule has 0 heterocycles. The van der Waals surface area contributed by atoms with Crippen LogP contribution in [0.2, 0.25) is 0 Å². The molecule has 0 aromatic carbocycles.